The monoisotopic (exact) mass is 678 g/mol. The zero-order valence-corrected chi connectivity index (χ0v) is 26.6. The minimum absolute atomic E-state index is 0.206. The molecule has 3 heterocycles. The number of morpholine rings is 1. The molecule has 6 rings (SSSR count). The number of alkyl halides is 3. The van der Waals surface area contributed by atoms with E-state index in [4.69, 9.17) is 20.3 Å². The number of nitrogens with zero attached hydrogens (tertiary/aromatic N) is 5. The lowest BCUT2D eigenvalue weighted by Gasteiger charge is -2.26. The first-order chi connectivity index (χ1) is 23.6. The van der Waals surface area contributed by atoms with Crippen LogP contribution in [0.2, 0.25) is 0 Å². The highest BCUT2D eigenvalue weighted by Crippen LogP contribution is 2.36. The number of anilines is 2. The third-order valence-corrected chi connectivity index (χ3v) is 8.12. The van der Waals surface area contributed by atoms with E-state index in [1.54, 1.807) is 22.9 Å². The van der Waals surface area contributed by atoms with E-state index in [0.29, 0.717) is 34.9 Å². The number of nitrogens with one attached hydrogen (secondary N) is 2. The lowest BCUT2D eigenvalue weighted by molar-refractivity contribution is -0.127. The van der Waals surface area contributed by atoms with Gasteiger partial charge in [-0.25, -0.2) is 19.0 Å². The van der Waals surface area contributed by atoms with Crippen LogP contribution in [0.1, 0.15) is 21.5 Å². The van der Waals surface area contributed by atoms with Gasteiger partial charge in [0.25, 0.3) is 5.91 Å². The second-order valence-electron chi connectivity index (χ2n) is 11.5. The fourth-order valence-corrected chi connectivity index (χ4v) is 5.62. The number of carbonyl (C=O) groups is 1. The average Bonchev–Trinajstić information content (AvgIpc) is 3.48. The second kappa shape index (κ2) is 14.6. The first-order valence-corrected chi connectivity index (χ1v) is 15.5. The van der Waals surface area contributed by atoms with E-state index in [1.165, 1.54) is 13.4 Å². The lowest BCUT2D eigenvalue weighted by Crippen LogP contribution is -2.40. The summed E-state index contributed by atoms with van der Waals surface area (Å²) in [5.74, 6) is -1.49. The fourth-order valence-electron chi connectivity index (χ4n) is 5.62. The molecule has 0 radical (unpaired) electrons. The molecule has 15 heteroatoms. The molecule has 4 N–H and O–H groups in total. The van der Waals surface area contributed by atoms with Gasteiger partial charge in [0.15, 0.2) is 5.65 Å². The number of hydrogen-bond donors (Lipinski definition) is 3. The van der Waals surface area contributed by atoms with Crippen LogP contribution in [0.5, 0.6) is 5.75 Å². The molecule has 1 fully saturated rings. The first-order valence-electron chi connectivity index (χ1n) is 15.5. The number of nitrogen functional groups attached to an aromatic ring is 1. The number of halogens is 4. The Kier molecular flexibility index (Phi) is 10.0. The highest BCUT2D eigenvalue weighted by atomic mass is 19.4. The third kappa shape index (κ3) is 7.96. The van der Waals surface area contributed by atoms with E-state index in [-0.39, 0.29) is 22.8 Å². The number of fused-ring (bicyclic) bond motifs is 1. The smallest absolute Gasteiger partial charge is 0.393 e. The van der Waals surface area contributed by atoms with Gasteiger partial charge < -0.3 is 25.8 Å². The van der Waals surface area contributed by atoms with Crippen molar-refractivity contribution in [3.63, 3.8) is 0 Å². The van der Waals surface area contributed by atoms with Crippen molar-refractivity contribution in [1.29, 1.82) is 0 Å². The van der Waals surface area contributed by atoms with Crippen molar-refractivity contribution >= 4 is 28.4 Å². The zero-order chi connectivity index (χ0) is 34.5. The number of aromatic nitrogens is 4. The van der Waals surface area contributed by atoms with Crippen LogP contribution in [0.15, 0.2) is 67.0 Å². The number of nitrogens with two attached hydrogens (primary N) is 1. The van der Waals surface area contributed by atoms with Crippen LogP contribution in [0.3, 0.4) is 0 Å². The molecular formula is C34H34F4N8O3. The molecule has 1 amide bonds. The molecule has 0 aliphatic carbocycles. The van der Waals surface area contributed by atoms with E-state index in [9.17, 15) is 22.4 Å². The van der Waals surface area contributed by atoms with Crippen LogP contribution in [0.4, 0.5) is 29.1 Å². The van der Waals surface area contributed by atoms with Crippen LogP contribution >= 0.6 is 0 Å². The summed E-state index contributed by atoms with van der Waals surface area (Å²) in [4.78, 5) is 23.9. The van der Waals surface area contributed by atoms with Gasteiger partial charge in [-0.15, -0.1) is 0 Å². The van der Waals surface area contributed by atoms with Gasteiger partial charge >= 0.3 is 6.18 Å². The predicted octanol–water partition coefficient (Wildman–Crippen LogP) is 4.99. The molecule has 5 aromatic rings. The first kappa shape index (κ1) is 33.8. The summed E-state index contributed by atoms with van der Waals surface area (Å²) in [5.41, 5.74) is 9.20. The summed E-state index contributed by atoms with van der Waals surface area (Å²) in [6.07, 6.45) is -4.45. The zero-order valence-electron chi connectivity index (χ0n) is 26.6. The maximum Gasteiger partial charge on any atom is 0.393 e. The van der Waals surface area contributed by atoms with E-state index < -0.39 is 29.9 Å². The van der Waals surface area contributed by atoms with Crippen molar-refractivity contribution in [2.75, 3.05) is 57.6 Å². The van der Waals surface area contributed by atoms with Crippen LogP contribution in [0, 0.1) is 5.82 Å². The van der Waals surface area contributed by atoms with E-state index in [1.807, 2.05) is 24.3 Å². The van der Waals surface area contributed by atoms with Crippen LogP contribution in [-0.2, 0) is 17.7 Å². The summed E-state index contributed by atoms with van der Waals surface area (Å²) in [6, 6.07) is 15.6. The molecule has 256 valence electrons. The quantitative estimate of drug-likeness (QED) is 0.131. The summed E-state index contributed by atoms with van der Waals surface area (Å²) < 4.78 is 65.4. The Bertz CT molecular complexity index is 1940. The number of ether oxygens (including phenoxy) is 2. The molecule has 1 aliphatic heterocycles. The van der Waals surface area contributed by atoms with Gasteiger partial charge in [0.1, 0.15) is 29.4 Å². The van der Waals surface area contributed by atoms with Gasteiger partial charge in [0.05, 0.1) is 49.1 Å². The highest BCUT2D eigenvalue weighted by Gasteiger charge is 2.28. The third-order valence-electron chi connectivity index (χ3n) is 8.12. The van der Waals surface area contributed by atoms with Crippen LogP contribution in [-0.4, -0.2) is 83.2 Å². The Morgan fingerprint density at radius 1 is 1.02 bits per heavy atom. The van der Waals surface area contributed by atoms with E-state index in [0.717, 1.165) is 62.8 Å². The number of rotatable bonds is 11. The minimum atomic E-state index is -4.51. The Morgan fingerprint density at radius 3 is 2.49 bits per heavy atom. The molecule has 0 spiro atoms. The summed E-state index contributed by atoms with van der Waals surface area (Å²) in [6.45, 7) is 6.00. The molecule has 49 heavy (non-hydrogen) atoms. The van der Waals surface area contributed by atoms with E-state index >= 15 is 0 Å². The Balaban J connectivity index is 1.20. The van der Waals surface area contributed by atoms with Gasteiger partial charge in [-0.2, -0.15) is 18.3 Å². The second-order valence-corrected chi connectivity index (χ2v) is 11.5. The van der Waals surface area contributed by atoms with E-state index in [2.05, 4.69) is 25.5 Å². The van der Waals surface area contributed by atoms with Crippen molar-refractivity contribution in [2.24, 2.45) is 0 Å². The largest absolute Gasteiger partial charge is 0.495 e. The molecule has 0 bridgehead atoms. The molecule has 3 aromatic carbocycles. The highest BCUT2D eigenvalue weighted by molar-refractivity contribution is 6.06. The van der Waals surface area contributed by atoms with Crippen molar-refractivity contribution in [2.45, 2.75) is 19.1 Å². The van der Waals surface area contributed by atoms with Gasteiger partial charge in [-0.3, -0.25) is 9.69 Å². The number of hydrogen-bond acceptors (Lipinski definition) is 9. The number of carbonyl (C=O) groups excluding carboxylic acids is 1. The molecule has 11 nitrogen and oxygen atoms in total. The Morgan fingerprint density at radius 2 is 1.78 bits per heavy atom. The maximum atomic E-state index is 14.6. The molecule has 1 aliphatic rings. The lowest BCUT2D eigenvalue weighted by atomic mass is 10.1. The van der Waals surface area contributed by atoms with Gasteiger partial charge in [-0.1, -0.05) is 24.3 Å². The number of benzene rings is 3. The van der Waals surface area contributed by atoms with Gasteiger partial charge in [0, 0.05) is 38.3 Å². The summed E-state index contributed by atoms with van der Waals surface area (Å²) >= 11 is 0. The van der Waals surface area contributed by atoms with Crippen LogP contribution < -0.4 is 21.1 Å². The minimum Gasteiger partial charge on any atom is -0.495 e. The van der Waals surface area contributed by atoms with Crippen LogP contribution in [0.25, 0.3) is 28.0 Å². The normalized spacial score (nSPS) is 13.9. The SMILES string of the molecule is COc1cc(-c2nn(-c3ccc(CNCCN4CCOCC4)cc3)c3ncnc(N)c23)ccc1NC(=O)c1ccc(CC(F)(F)F)cc1F. The van der Waals surface area contributed by atoms with Crippen molar-refractivity contribution in [1.82, 2.24) is 30.0 Å². The molecule has 0 unspecified atom stereocenters. The molecule has 1 saturated heterocycles. The Hall–Kier alpha value is -5.12. The van der Waals surface area contributed by atoms with Gasteiger partial charge in [-0.05, 0) is 47.5 Å². The average molecular weight is 679 g/mol. The van der Waals surface area contributed by atoms with Crippen molar-refractivity contribution in [3.8, 4) is 22.7 Å². The molecule has 0 atom stereocenters. The molecule has 0 saturated carbocycles. The summed E-state index contributed by atoms with van der Waals surface area (Å²) in [5, 5.41) is 11.4. The topological polar surface area (TPSA) is 132 Å². The Labute approximate surface area is 279 Å². The maximum absolute atomic E-state index is 14.6. The molecular weight excluding hydrogens is 644 g/mol. The predicted molar refractivity (Wildman–Crippen MR) is 176 cm³/mol. The number of amides is 1. The van der Waals surface area contributed by atoms with Gasteiger partial charge in [0.2, 0.25) is 0 Å². The number of methoxy groups -OCH3 is 1. The standard InChI is InChI=1S/C34H34F4N8O3/c1-48-28-17-23(5-9-27(28)43-33(47)25-8-4-22(16-26(25)35)18-34(36,37)38)30-29-31(39)41-20-42-32(29)46(44-30)24-6-2-21(3-7-24)19-40-10-11-45-12-14-49-15-13-45/h2-9,16-17,20,40H,10-15,18-19H2,1H3,(H,43,47)(H2,39,41,42). The fraction of sp³-hybridized carbons (Fsp3) is 0.294. The van der Waals surface area contributed by atoms with Crippen molar-refractivity contribution < 1.29 is 31.8 Å². The van der Waals surface area contributed by atoms with Crippen molar-refractivity contribution in [3.05, 3.63) is 89.5 Å². The molecule has 2 aromatic heterocycles. The summed E-state index contributed by atoms with van der Waals surface area (Å²) in [7, 11) is 1.40.